The Hall–Kier alpha value is -2.28. The summed E-state index contributed by atoms with van der Waals surface area (Å²) in [7, 11) is 1.34. The maximum absolute atomic E-state index is 13.4. The normalized spacial score (nSPS) is 36.2. The number of amides is 2. The number of carbonyl (C=O) groups excluding carboxylic acids is 2. The number of methoxy groups -OCH3 is 1. The first-order valence-electron chi connectivity index (χ1n) is 11.6. The van der Waals surface area contributed by atoms with Gasteiger partial charge < -0.3 is 20.1 Å². The number of aliphatic hydroxyl groups excluding tert-OH is 1. The highest BCUT2D eigenvalue weighted by molar-refractivity contribution is 5.85. The van der Waals surface area contributed by atoms with E-state index in [1.54, 1.807) is 0 Å². The fraction of sp³-hybridized carbons (Fsp3) is 0.667. The summed E-state index contributed by atoms with van der Waals surface area (Å²) in [5, 5.41) is 16.6. The smallest absolute Gasteiger partial charge is 0.411 e. The highest BCUT2D eigenvalue weighted by Crippen LogP contribution is 2.60. The average Bonchev–Trinajstić information content (AvgIpc) is 2.77. The maximum Gasteiger partial charge on any atom is 0.411 e. The van der Waals surface area contributed by atoms with Gasteiger partial charge in [-0.3, -0.25) is 10.1 Å². The Morgan fingerprint density at radius 2 is 1.84 bits per heavy atom. The minimum Gasteiger partial charge on any atom is -0.453 e. The van der Waals surface area contributed by atoms with E-state index < -0.39 is 6.09 Å². The molecule has 3 N–H and O–H groups in total. The van der Waals surface area contributed by atoms with Crippen molar-refractivity contribution in [3.63, 3.8) is 0 Å². The maximum atomic E-state index is 13.4. The van der Waals surface area contributed by atoms with Gasteiger partial charge in [0.25, 0.3) is 0 Å². The molecule has 5 fully saturated rings. The van der Waals surface area contributed by atoms with Crippen molar-refractivity contribution in [1.29, 1.82) is 0 Å². The van der Waals surface area contributed by atoms with Gasteiger partial charge >= 0.3 is 6.09 Å². The number of hydrogen-bond donors (Lipinski definition) is 3. The van der Waals surface area contributed by atoms with E-state index in [2.05, 4.69) is 20.3 Å². The largest absolute Gasteiger partial charge is 0.453 e. The van der Waals surface area contributed by atoms with Crippen molar-refractivity contribution in [1.82, 2.24) is 5.32 Å². The Morgan fingerprint density at radius 1 is 1.13 bits per heavy atom. The third kappa shape index (κ3) is 3.88. The number of piperidine rings is 1. The average molecular weight is 428 g/mol. The van der Waals surface area contributed by atoms with Crippen LogP contribution in [-0.2, 0) is 9.53 Å². The molecule has 31 heavy (non-hydrogen) atoms. The minimum atomic E-state index is -0.481. The summed E-state index contributed by atoms with van der Waals surface area (Å²) >= 11 is 0. The summed E-state index contributed by atoms with van der Waals surface area (Å²) in [6, 6.07) is 7.88. The van der Waals surface area contributed by atoms with Crippen LogP contribution in [0.5, 0.6) is 0 Å². The quantitative estimate of drug-likeness (QED) is 0.687. The highest BCUT2D eigenvalue weighted by atomic mass is 16.5. The molecular formula is C24H33N3O4. The Labute approximate surface area is 183 Å². The zero-order valence-electron chi connectivity index (χ0n) is 18.2. The van der Waals surface area contributed by atoms with Gasteiger partial charge in [-0.2, -0.15) is 0 Å². The Kier molecular flexibility index (Phi) is 5.32. The van der Waals surface area contributed by atoms with E-state index >= 15 is 0 Å². The van der Waals surface area contributed by atoms with Gasteiger partial charge in [-0.25, -0.2) is 4.79 Å². The number of rotatable bonds is 4. The molecule has 4 aliphatic carbocycles. The first kappa shape index (κ1) is 20.6. The molecule has 4 bridgehead atoms. The monoisotopic (exact) mass is 427 g/mol. The zero-order chi connectivity index (χ0) is 21.6. The molecule has 0 radical (unpaired) electrons. The molecular weight excluding hydrogens is 394 g/mol. The van der Waals surface area contributed by atoms with Gasteiger partial charge in [-0.1, -0.05) is 0 Å². The number of anilines is 2. The van der Waals surface area contributed by atoms with E-state index in [1.165, 1.54) is 7.11 Å². The molecule has 1 aromatic rings. The third-order valence-electron chi connectivity index (χ3n) is 8.13. The number of carbonyl (C=O) groups is 2. The first-order chi connectivity index (χ1) is 15.0. The van der Waals surface area contributed by atoms with E-state index in [0.717, 1.165) is 63.7 Å². The Bertz CT molecular complexity index is 826. The molecule has 7 nitrogen and oxygen atoms in total. The van der Waals surface area contributed by atoms with Gasteiger partial charge in [-0.15, -0.1) is 0 Å². The van der Waals surface area contributed by atoms with Gasteiger partial charge in [0.05, 0.1) is 18.6 Å². The second-order valence-corrected chi connectivity index (χ2v) is 10.2. The zero-order valence-corrected chi connectivity index (χ0v) is 18.2. The van der Waals surface area contributed by atoms with E-state index in [1.807, 2.05) is 24.3 Å². The molecule has 0 spiro atoms. The van der Waals surface area contributed by atoms with Crippen molar-refractivity contribution in [2.75, 3.05) is 30.4 Å². The molecule has 0 aromatic heterocycles. The lowest BCUT2D eigenvalue weighted by atomic mass is 9.48. The van der Waals surface area contributed by atoms with Crippen LogP contribution < -0.4 is 15.5 Å². The number of nitrogens with zero attached hydrogens (tertiary/aromatic N) is 1. The SMILES string of the molecule is COC(=O)Nc1ccc(N2CCC[C@H](NC(=O)C34CC5CC(C3)C(O)C(C5)C4)C2)cc1. The Balaban J connectivity index is 1.21. The second kappa shape index (κ2) is 8.01. The highest BCUT2D eigenvalue weighted by Gasteiger charge is 2.58. The van der Waals surface area contributed by atoms with Gasteiger partial charge in [0.2, 0.25) is 5.91 Å². The molecule has 3 atom stereocenters. The van der Waals surface area contributed by atoms with E-state index in [9.17, 15) is 14.7 Å². The van der Waals surface area contributed by atoms with E-state index in [4.69, 9.17) is 0 Å². The topological polar surface area (TPSA) is 90.9 Å². The number of nitrogens with one attached hydrogen (secondary N) is 2. The lowest BCUT2D eigenvalue weighted by Crippen LogP contribution is -2.60. The van der Waals surface area contributed by atoms with Gasteiger partial charge in [0, 0.05) is 30.5 Å². The second-order valence-electron chi connectivity index (χ2n) is 10.2. The van der Waals surface area contributed by atoms with Crippen molar-refractivity contribution in [3.05, 3.63) is 24.3 Å². The van der Waals surface area contributed by atoms with Crippen molar-refractivity contribution >= 4 is 23.4 Å². The molecule has 1 heterocycles. The number of benzene rings is 1. The van der Waals surface area contributed by atoms with Gasteiger partial charge in [0.1, 0.15) is 0 Å². The molecule has 6 rings (SSSR count). The van der Waals surface area contributed by atoms with Crippen molar-refractivity contribution < 1.29 is 19.4 Å². The molecule has 1 aromatic carbocycles. The summed E-state index contributed by atoms with van der Waals surface area (Å²) in [6.07, 6.45) is 6.28. The molecule has 1 aliphatic heterocycles. The molecule has 168 valence electrons. The summed E-state index contributed by atoms with van der Waals surface area (Å²) in [4.78, 5) is 27.1. The van der Waals surface area contributed by atoms with Crippen LogP contribution in [-0.4, -0.2) is 49.5 Å². The van der Waals surface area contributed by atoms with E-state index in [-0.39, 0.29) is 23.5 Å². The summed E-state index contributed by atoms with van der Waals surface area (Å²) in [6.45, 7) is 1.75. The number of ether oxygens (including phenoxy) is 1. The molecule has 2 unspecified atom stereocenters. The number of aliphatic hydroxyl groups is 1. The molecule has 2 amide bonds. The molecule has 1 saturated heterocycles. The molecule has 5 aliphatic rings. The van der Waals surface area contributed by atoms with Crippen LogP contribution in [0.15, 0.2) is 24.3 Å². The van der Waals surface area contributed by atoms with Crippen LogP contribution in [0, 0.1) is 23.2 Å². The fourth-order valence-electron chi connectivity index (χ4n) is 6.87. The van der Waals surface area contributed by atoms with Crippen LogP contribution in [0.2, 0.25) is 0 Å². The van der Waals surface area contributed by atoms with Crippen molar-refractivity contribution in [3.8, 4) is 0 Å². The van der Waals surface area contributed by atoms with Crippen LogP contribution in [0.4, 0.5) is 16.2 Å². The molecule has 7 heteroatoms. The van der Waals surface area contributed by atoms with Crippen LogP contribution in [0.1, 0.15) is 44.9 Å². The standard InChI is InChI=1S/C24H33N3O4/c1-31-23(30)26-18-4-6-20(7-5-18)27-8-2-3-19(14-27)25-22(29)24-11-15-9-16(12-24)21(28)17(10-15)13-24/h4-7,15-17,19,21,28H,2-3,8-14H2,1H3,(H,25,29)(H,26,30)/t15?,16?,17?,19-,21?,24?/m0/s1. The lowest BCUT2D eigenvalue weighted by molar-refractivity contribution is -0.163. The summed E-state index contributed by atoms with van der Waals surface area (Å²) in [5.74, 6) is 1.48. The van der Waals surface area contributed by atoms with E-state index in [0.29, 0.717) is 23.4 Å². The summed E-state index contributed by atoms with van der Waals surface area (Å²) in [5.41, 5.74) is 1.54. The predicted molar refractivity (Wildman–Crippen MR) is 118 cm³/mol. The fourth-order valence-corrected chi connectivity index (χ4v) is 6.87. The van der Waals surface area contributed by atoms with Crippen molar-refractivity contribution in [2.45, 2.75) is 57.1 Å². The van der Waals surface area contributed by atoms with Gasteiger partial charge in [0.15, 0.2) is 0 Å². The first-order valence-corrected chi connectivity index (χ1v) is 11.6. The predicted octanol–water partition coefficient (Wildman–Crippen LogP) is 3.14. The number of hydrogen-bond acceptors (Lipinski definition) is 5. The van der Waals surface area contributed by atoms with Gasteiger partial charge in [-0.05, 0) is 87.0 Å². The lowest BCUT2D eigenvalue weighted by Gasteiger charge is -2.58. The van der Waals surface area contributed by atoms with Crippen LogP contribution in [0.25, 0.3) is 0 Å². The summed E-state index contributed by atoms with van der Waals surface area (Å²) < 4.78 is 4.63. The van der Waals surface area contributed by atoms with Crippen LogP contribution in [0.3, 0.4) is 0 Å². The third-order valence-corrected chi connectivity index (χ3v) is 8.13. The van der Waals surface area contributed by atoms with Crippen LogP contribution >= 0.6 is 0 Å². The minimum absolute atomic E-state index is 0.145. The van der Waals surface area contributed by atoms with Crippen molar-refractivity contribution in [2.24, 2.45) is 23.2 Å². The molecule has 4 saturated carbocycles. The Morgan fingerprint density at radius 3 is 2.52 bits per heavy atom.